The van der Waals surface area contributed by atoms with Crippen LogP contribution in [0.25, 0.3) is 0 Å². The lowest BCUT2D eigenvalue weighted by Gasteiger charge is -2.19. The molecule has 9 heteroatoms. The minimum Gasteiger partial charge on any atom is -0.288 e. The van der Waals surface area contributed by atoms with Gasteiger partial charge in [0.15, 0.2) is 0 Å². The third-order valence-corrected chi connectivity index (χ3v) is 5.21. The molecule has 132 valence electrons. The number of benzene rings is 1. The maximum absolute atomic E-state index is 12.5. The largest absolute Gasteiger partial charge is 0.288 e. The smallest absolute Gasteiger partial charge is 0.283 e. The number of hydrogen-bond acceptors (Lipinski definition) is 5. The average molecular weight is 383 g/mol. The van der Waals surface area contributed by atoms with Gasteiger partial charge in [-0.3, -0.25) is 14.9 Å². The lowest BCUT2D eigenvalue weighted by atomic mass is 9.90. The maximum atomic E-state index is 12.5. The second kappa shape index (κ2) is 6.89. The first kappa shape index (κ1) is 19.0. The molecule has 7 nitrogen and oxygen atoms in total. The predicted molar refractivity (Wildman–Crippen MR) is 94.2 cm³/mol. The third kappa shape index (κ3) is 3.85. The van der Waals surface area contributed by atoms with Crippen LogP contribution in [0.1, 0.15) is 20.8 Å². The van der Waals surface area contributed by atoms with Crippen molar-refractivity contribution in [2.75, 3.05) is 0 Å². The Bertz CT molecular complexity index is 958. The van der Waals surface area contributed by atoms with Crippen LogP contribution in [-0.4, -0.2) is 24.8 Å². The van der Waals surface area contributed by atoms with Crippen LogP contribution >= 0.6 is 11.6 Å². The van der Waals surface area contributed by atoms with E-state index in [9.17, 15) is 23.3 Å². The van der Waals surface area contributed by atoms with Gasteiger partial charge in [0.2, 0.25) is 5.78 Å². The van der Waals surface area contributed by atoms with E-state index in [1.165, 1.54) is 31.2 Å². The summed E-state index contributed by atoms with van der Waals surface area (Å²) in [5, 5.41) is 10.8. The normalized spacial score (nSPS) is 17.2. The number of ketones is 1. The molecule has 0 spiro atoms. The van der Waals surface area contributed by atoms with Crippen LogP contribution < -0.4 is 0 Å². The summed E-state index contributed by atoms with van der Waals surface area (Å²) in [7, 11) is -4.21. The molecule has 0 fully saturated rings. The minimum atomic E-state index is -4.21. The van der Waals surface area contributed by atoms with Crippen molar-refractivity contribution in [2.45, 2.75) is 25.7 Å². The van der Waals surface area contributed by atoms with Crippen LogP contribution in [-0.2, 0) is 14.8 Å². The van der Waals surface area contributed by atoms with Gasteiger partial charge in [0.1, 0.15) is 0 Å². The van der Waals surface area contributed by atoms with Gasteiger partial charge in [-0.25, -0.2) is 0 Å². The monoisotopic (exact) mass is 382 g/mol. The van der Waals surface area contributed by atoms with E-state index in [-0.39, 0.29) is 38.6 Å². The third-order valence-electron chi connectivity index (χ3n) is 3.55. The van der Waals surface area contributed by atoms with E-state index in [4.69, 9.17) is 11.6 Å². The van der Waals surface area contributed by atoms with Crippen LogP contribution in [0.4, 0.5) is 5.69 Å². The molecule has 0 saturated heterocycles. The molecule has 1 aliphatic carbocycles. The molecular weight excluding hydrogens is 368 g/mol. The van der Waals surface area contributed by atoms with Crippen molar-refractivity contribution in [1.29, 1.82) is 0 Å². The lowest BCUT2D eigenvalue weighted by Crippen LogP contribution is -2.20. The number of Topliss-reactive ketones (excluding diaryl/α,β-unsaturated/α-hetero) is 1. The zero-order valence-electron chi connectivity index (χ0n) is 13.7. The Balaban J connectivity index is 2.62. The molecule has 0 atom stereocenters. The first-order chi connectivity index (χ1) is 11.5. The molecule has 2 rings (SSSR count). The van der Waals surface area contributed by atoms with E-state index in [2.05, 4.69) is 4.40 Å². The average Bonchev–Trinajstić information content (AvgIpc) is 2.52. The fourth-order valence-electron chi connectivity index (χ4n) is 2.32. The number of rotatable bonds is 4. The molecule has 1 aliphatic rings. The topological polar surface area (TPSA) is 107 Å². The fraction of sp³-hybridized carbons (Fsp3) is 0.250. The summed E-state index contributed by atoms with van der Waals surface area (Å²) in [6.45, 7) is 5.03. The molecule has 0 aromatic heterocycles. The van der Waals surface area contributed by atoms with Gasteiger partial charge in [-0.2, -0.15) is 12.8 Å². The van der Waals surface area contributed by atoms with Gasteiger partial charge < -0.3 is 0 Å². The molecule has 25 heavy (non-hydrogen) atoms. The highest BCUT2D eigenvalue weighted by Gasteiger charge is 2.28. The highest BCUT2D eigenvalue weighted by molar-refractivity contribution is 7.90. The maximum Gasteiger partial charge on any atom is 0.283 e. The van der Waals surface area contributed by atoms with Crippen LogP contribution in [0.5, 0.6) is 0 Å². The number of sulfonamides is 1. The van der Waals surface area contributed by atoms with Crippen molar-refractivity contribution >= 4 is 38.8 Å². The molecule has 0 saturated carbocycles. The molecule has 0 aliphatic heterocycles. The van der Waals surface area contributed by atoms with Gasteiger partial charge in [-0.15, -0.1) is 0 Å². The zero-order valence-corrected chi connectivity index (χ0v) is 15.3. The predicted octanol–water partition coefficient (Wildman–Crippen LogP) is 3.40. The van der Waals surface area contributed by atoms with E-state index in [1.54, 1.807) is 13.8 Å². The summed E-state index contributed by atoms with van der Waals surface area (Å²) in [6, 6.07) is 4.61. The minimum absolute atomic E-state index is 0.0589. The molecule has 0 amide bonds. The Hall–Kier alpha value is -2.32. The van der Waals surface area contributed by atoms with Gasteiger partial charge in [-0.1, -0.05) is 31.5 Å². The summed E-state index contributed by atoms with van der Waals surface area (Å²) >= 11 is 6.08. The Morgan fingerprint density at radius 3 is 2.48 bits per heavy atom. The number of carbonyl (C=O) groups excluding carboxylic acids is 1. The summed E-state index contributed by atoms with van der Waals surface area (Å²) in [5.74, 6) is -0.614. The molecular formula is C16H15ClN2O5S. The van der Waals surface area contributed by atoms with Gasteiger partial charge >= 0.3 is 0 Å². The number of nitrogens with zero attached hydrogens (tertiary/aromatic N) is 2. The van der Waals surface area contributed by atoms with Gasteiger partial charge in [0.25, 0.3) is 15.7 Å². The number of nitro benzene ring substituents is 1. The SMILES string of the molecule is CC1=C/C(=N\S(=O)(=O)c2cccc([N+](=O)[O-])c2)C(C(C)C)=C(Cl)C1=O. The van der Waals surface area contributed by atoms with Crippen molar-refractivity contribution < 1.29 is 18.1 Å². The first-order valence-corrected chi connectivity index (χ1v) is 9.09. The summed E-state index contributed by atoms with van der Waals surface area (Å²) in [4.78, 5) is 21.8. The van der Waals surface area contributed by atoms with Crippen molar-refractivity contribution in [3.05, 3.63) is 56.6 Å². The van der Waals surface area contributed by atoms with E-state index in [0.29, 0.717) is 5.57 Å². The van der Waals surface area contributed by atoms with Crippen molar-refractivity contribution in [1.82, 2.24) is 0 Å². The number of non-ortho nitro benzene ring substituents is 1. The number of allylic oxidation sites excluding steroid dienone is 4. The number of hydrogen-bond donors (Lipinski definition) is 0. The number of halogens is 1. The Morgan fingerprint density at radius 1 is 1.28 bits per heavy atom. The molecule has 0 unspecified atom stereocenters. The van der Waals surface area contributed by atoms with Crippen LogP contribution in [0.2, 0.25) is 0 Å². The molecule has 1 aromatic carbocycles. The van der Waals surface area contributed by atoms with Gasteiger partial charge in [0, 0.05) is 23.3 Å². The Morgan fingerprint density at radius 2 is 1.92 bits per heavy atom. The zero-order chi connectivity index (χ0) is 18.9. The molecule has 0 bridgehead atoms. The molecule has 1 aromatic rings. The van der Waals surface area contributed by atoms with Crippen molar-refractivity contribution in [3.63, 3.8) is 0 Å². The van der Waals surface area contributed by atoms with E-state index < -0.39 is 14.9 Å². The lowest BCUT2D eigenvalue weighted by molar-refractivity contribution is -0.385. The van der Waals surface area contributed by atoms with Crippen LogP contribution in [0.3, 0.4) is 0 Å². The second-order valence-corrected chi connectivity index (χ2v) is 7.73. The summed E-state index contributed by atoms with van der Waals surface area (Å²) in [5.41, 5.74) is 0.293. The van der Waals surface area contributed by atoms with E-state index in [1.807, 2.05) is 0 Å². The summed E-state index contributed by atoms with van der Waals surface area (Å²) < 4.78 is 28.9. The van der Waals surface area contributed by atoms with E-state index >= 15 is 0 Å². The first-order valence-electron chi connectivity index (χ1n) is 7.27. The quantitative estimate of drug-likeness (QED) is 0.450. The molecule has 0 N–H and O–H groups in total. The van der Waals surface area contributed by atoms with Gasteiger partial charge in [-0.05, 0) is 25.0 Å². The molecule has 0 radical (unpaired) electrons. The Kier molecular flexibility index (Phi) is 5.24. The standard InChI is InChI=1S/C16H15ClN2O5S/c1-9(2)14-13(7-10(3)16(20)15(14)17)18-25(23,24)12-6-4-5-11(8-12)19(21)22/h4-9H,1-3H3/b18-13+. The Labute approximate surface area is 149 Å². The highest BCUT2D eigenvalue weighted by Crippen LogP contribution is 2.29. The number of carbonyl (C=O) groups is 1. The fourth-order valence-corrected chi connectivity index (χ4v) is 3.82. The van der Waals surface area contributed by atoms with Gasteiger partial charge in [0.05, 0.1) is 20.6 Å². The van der Waals surface area contributed by atoms with Crippen molar-refractivity contribution in [2.24, 2.45) is 10.3 Å². The van der Waals surface area contributed by atoms with E-state index in [0.717, 1.165) is 6.07 Å². The van der Waals surface area contributed by atoms with Crippen molar-refractivity contribution in [3.8, 4) is 0 Å². The number of nitro groups is 1. The van der Waals surface area contributed by atoms with Crippen LogP contribution in [0.15, 0.2) is 55.8 Å². The molecule has 0 heterocycles. The highest BCUT2D eigenvalue weighted by atomic mass is 35.5. The van der Waals surface area contributed by atoms with Crippen LogP contribution in [0, 0.1) is 16.0 Å². The summed E-state index contributed by atoms with van der Waals surface area (Å²) in [6.07, 6.45) is 1.36. The second-order valence-electron chi connectivity index (χ2n) is 5.74.